The number of hydrogen-bond acceptors (Lipinski definition) is 3. The predicted molar refractivity (Wildman–Crippen MR) is 85.7 cm³/mol. The number of nitrogens with one attached hydrogen (secondary N) is 1. The topological polar surface area (TPSA) is 42.0 Å². The summed E-state index contributed by atoms with van der Waals surface area (Å²) in [6, 6.07) is 6.71. The van der Waals surface area contributed by atoms with E-state index in [1.54, 1.807) is 5.51 Å². The number of carbonyl (C=O) groups excluding carboxylic acids is 1. The number of aromatic nitrogens is 1. The highest BCUT2D eigenvalue weighted by molar-refractivity contribution is 7.11. The number of aryl methyl sites for hydroxylation is 1. The van der Waals surface area contributed by atoms with E-state index in [2.05, 4.69) is 10.3 Å². The number of nitrogens with zero attached hydrogens (tertiary/aromatic N) is 1. The van der Waals surface area contributed by atoms with Crippen molar-refractivity contribution < 1.29 is 9.18 Å². The van der Waals surface area contributed by atoms with Crippen molar-refractivity contribution >= 4 is 17.2 Å². The van der Waals surface area contributed by atoms with Gasteiger partial charge in [-0.3, -0.25) is 4.79 Å². The molecule has 1 amide bonds. The summed E-state index contributed by atoms with van der Waals surface area (Å²) in [5.74, 6) is -0.283. The minimum atomic E-state index is -0.221. The van der Waals surface area contributed by atoms with E-state index in [9.17, 15) is 9.18 Å². The molecule has 22 heavy (non-hydrogen) atoms. The van der Waals surface area contributed by atoms with Gasteiger partial charge in [-0.25, -0.2) is 9.37 Å². The summed E-state index contributed by atoms with van der Waals surface area (Å²) in [6.07, 6.45) is 4.35. The number of halogens is 1. The van der Waals surface area contributed by atoms with E-state index in [-0.39, 0.29) is 17.1 Å². The first-order valence-electron chi connectivity index (χ1n) is 7.55. The number of rotatable bonds is 4. The standard InChI is InChI=1S/C17H19FN2OS/c1-12-15(22-11-20-12)16(21)19-10-17(8-2-3-9-17)13-4-6-14(18)7-5-13/h4-7,11H,2-3,8-10H2,1H3,(H,19,21). The van der Waals surface area contributed by atoms with Gasteiger partial charge in [0.1, 0.15) is 10.7 Å². The Labute approximate surface area is 133 Å². The number of carbonyl (C=O) groups is 1. The fourth-order valence-corrected chi connectivity index (χ4v) is 3.99. The molecule has 1 aromatic carbocycles. The van der Waals surface area contributed by atoms with Crippen LogP contribution in [0.5, 0.6) is 0 Å². The minimum absolute atomic E-state index is 0.0617. The summed E-state index contributed by atoms with van der Waals surface area (Å²) < 4.78 is 13.2. The molecule has 1 heterocycles. The van der Waals surface area contributed by atoms with Crippen LogP contribution in [0.2, 0.25) is 0 Å². The lowest BCUT2D eigenvalue weighted by atomic mass is 9.79. The lowest BCUT2D eigenvalue weighted by molar-refractivity contribution is 0.0946. The molecule has 3 rings (SSSR count). The molecular formula is C17H19FN2OS. The van der Waals surface area contributed by atoms with Crippen molar-refractivity contribution in [3.63, 3.8) is 0 Å². The van der Waals surface area contributed by atoms with Gasteiger partial charge in [-0.2, -0.15) is 0 Å². The second-order valence-electron chi connectivity index (χ2n) is 5.94. The highest BCUT2D eigenvalue weighted by Gasteiger charge is 2.36. The maximum Gasteiger partial charge on any atom is 0.263 e. The van der Waals surface area contributed by atoms with E-state index in [1.807, 2.05) is 19.1 Å². The third kappa shape index (κ3) is 2.90. The van der Waals surface area contributed by atoms with Crippen molar-refractivity contribution in [2.24, 2.45) is 0 Å². The van der Waals surface area contributed by atoms with Gasteiger partial charge in [0.05, 0.1) is 11.2 Å². The third-order valence-corrected chi connectivity index (χ3v) is 5.48. The van der Waals surface area contributed by atoms with Gasteiger partial charge < -0.3 is 5.32 Å². The molecule has 0 unspecified atom stereocenters. The third-order valence-electron chi connectivity index (χ3n) is 4.56. The summed E-state index contributed by atoms with van der Waals surface area (Å²) in [5.41, 5.74) is 3.51. The molecular weight excluding hydrogens is 299 g/mol. The van der Waals surface area contributed by atoms with Crippen LogP contribution < -0.4 is 5.32 Å². The first-order chi connectivity index (χ1) is 10.6. The Bertz CT molecular complexity index is 660. The van der Waals surface area contributed by atoms with Gasteiger partial charge in [0.2, 0.25) is 0 Å². The lowest BCUT2D eigenvalue weighted by Crippen LogP contribution is -2.39. The molecule has 1 fully saturated rings. The maximum absolute atomic E-state index is 13.2. The van der Waals surface area contributed by atoms with Crippen LogP contribution in [0.4, 0.5) is 4.39 Å². The highest BCUT2D eigenvalue weighted by atomic mass is 32.1. The van der Waals surface area contributed by atoms with Gasteiger partial charge >= 0.3 is 0 Å². The lowest BCUT2D eigenvalue weighted by Gasteiger charge is -2.30. The van der Waals surface area contributed by atoms with Crippen molar-refractivity contribution in [3.05, 3.63) is 51.7 Å². The van der Waals surface area contributed by atoms with Gasteiger partial charge in [0.15, 0.2) is 0 Å². The number of amides is 1. The molecule has 1 aromatic heterocycles. The molecule has 1 saturated carbocycles. The number of thiazole rings is 1. The minimum Gasteiger partial charge on any atom is -0.350 e. The van der Waals surface area contributed by atoms with E-state index in [0.29, 0.717) is 11.4 Å². The van der Waals surface area contributed by atoms with Gasteiger partial charge in [-0.05, 0) is 37.5 Å². The molecule has 0 radical (unpaired) electrons. The Balaban J connectivity index is 1.76. The molecule has 0 saturated heterocycles. The SMILES string of the molecule is Cc1ncsc1C(=O)NCC1(c2ccc(F)cc2)CCCC1. The molecule has 0 atom stereocenters. The number of benzene rings is 1. The fourth-order valence-electron chi connectivity index (χ4n) is 3.27. The zero-order chi connectivity index (χ0) is 15.6. The highest BCUT2D eigenvalue weighted by Crippen LogP contribution is 2.40. The van der Waals surface area contributed by atoms with Crippen molar-refractivity contribution in [1.29, 1.82) is 0 Å². The first kappa shape index (κ1) is 15.2. The van der Waals surface area contributed by atoms with Crippen LogP contribution in [0.3, 0.4) is 0 Å². The monoisotopic (exact) mass is 318 g/mol. The van der Waals surface area contributed by atoms with Crippen LogP contribution in [0.1, 0.15) is 46.6 Å². The van der Waals surface area contributed by atoms with E-state index in [1.165, 1.54) is 23.5 Å². The molecule has 1 N–H and O–H groups in total. The zero-order valence-electron chi connectivity index (χ0n) is 12.6. The van der Waals surface area contributed by atoms with Crippen LogP contribution in [0.15, 0.2) is 29.8 Å². The largest absolute Gasteiger partial charge is 0.350 e. The Morgan fingerprint density at radius 3 is 2.59 bits per heavy atom. The van der Waals surface area contributed by atoms with Gasteiger partial charge in [-0.15, -0.1) is 11.3 Å². The summed E-state index contributed by atoms with van der Waals surface area (Å²) in [4.78, 5) is 17.1. The van der Waals surface area contributed by atoms with Crippen molar-refractivity contribution in [3.8, 4) is 0 Å². The van der Waals surface area contributed by atoms with Crippen LogP contribution in [0, 0.1) is 12.7 Å². The average molecular weight is 318 g/mol. The van der Waals surface area contributed by atoms with Crippen LogP contribution in [-0.4, -0.2) is 17.4 Å². The molecule has 1 aliphatic rings. The molecule has 0 bridgehead atoms. The molecule has 0 spiro atoms. The smallest absolute Gasteiger partial charge is 0.263 e. The summed E-state index contributed by atoms with van der Waals surface area (Å²) >= 11 is 1.36. The Morgan fingerprint density at radius 1 is 1.32 bits per heavy atom. The molecule has 116 valence electrons. The zero-order valence-corrected chi connectivity index (χ0v) is 13.4. The van der Waals surface area contributed by atoms with Crippen molar-refractivity contribution in [1.82, 2.24) is 10.3 Å². The molecule has 5 heteroatoms. The Morgan fingerprint density at radius 2 is 2.00 bits per heavy atom. The first-order valence-corrected chi connectivity index (χ1v) is 8.43. The summed E-state index contributed by atoms with van der Waals surface area (Å²) in [6.45, 7) is 2.44. The predicted octanol–water partition coefficient (Wildman–Crippen LogP) is 3.83. The second kappa shape index (κ2) is 6.16. The van der Waals surface area contributed by atoms with Gasteiger partial charge in [0.25, 0.3) is 5.91 Å². The van der Waals surface area contributed by atoms with Gasteiger partial charge in [-0.1, -0.05) is 25.0 Å². The quantitative estimate of drug-likeness (QED) is 0.931. The average Bonchev–Trinajstić information content (AvgIpc) is 3.15. The maximum atomic E-state index is 13.2. The normalized spacial score (nSPS) is 16.6. The molecule has 3 nitrogen and oxygen atoms in total. The summed E-state index contributed by atoms with van der Waals surface area (Å²) in [7, 11) is 0. The van der Waals surface area contributed by atoms with Crippen LogP contribution in [0.25, 0.3) is 0 Å². The van der Waals surface area contributed by atoms with E-state index < -0.39 is 0 Å². The summed E-state index contributed by atoms with van der Waals surface area (Å²) in [5, 5.41) is 3.06. The molecule has 0 aliphatic heterocycles. The Hall–Kier alpha value is -1.75. The van der Waals surface area contributed by atoms with Crippen molar-refractivity contribution in [2.45, 2.75) is 38.0 Å². The Kier molecular flexibility index (Phi) is 4.25. The number of hydrogen-bond donors (Lipinski definition) is 1. The molecule has 2 aromatic rings. The molecule has 1 aliphatic carbocycles. The van der Waals surface area contributed by atoms with E-state index in [0.717, 1.165) is 36.9 Å². The van der Waals surface area contributed by atoms with Crippen LogP contribution in [-0.2, 0) is 5.41 Å². The second-order valence-corrected chi connectivity index (χ2v) is 6.80. The van der Waals surface area contributed by atoms with Gasteiger partial charge in [0, 0.05) is 12.0 Å². The fraction of sp³-hybridized carbons (Fsp3) is 0.412. The van der Waals surface area contributed by atoms with Crippen LogP contribution >= 0.6 is 11.3 Å². The van der Waals surface area contributed by atoms with Crippen molar-refractivity contribution in [2.75, 3.05) is 6.54 Å². The van der Waals surface area contributed by atoms with E-state index in [4.69, 9.17) is 0 Å². The van der Waals surface area contributed by atoms with E-state index >= 15 is 0 Å².